The molecule has 0 unspecified atom stereocenters. The van der Waals surface area contributed by atoms with Gasteiger partial charge in [0, 0.05) is 6.07 Å². The first-order valence-corrected chi connectivity index (χ1v) is 7.38. The van der Waals surface area contributed by atoms with Crippen molar-refractivity contribution in [2.45, 2.75) is 5.16 Å². The molecule has 0 aliphatic carbocycles. The minimum absolute atomic E-state index is 0.00448. The number of nitrogens with one attached hydrogen (secondary N) is 1. The van der Waals surface area contributed by atoms with Crippen LogP contribution < -0.4 is 26.2 Å². The Labute approximate surface area is 135 Å². The van der Waals surface area contributed by atoms with Crippen LogP contribution in [0.2, 0.25) is 0 Å². The number of nitrogens with two attached hydrogens (primary N) is 1. The quantitative estimate of drug-likeness (QED) is 0.562. The fourth-order valence-corrected chi connectivity index (χ4v) is 2.32. The Morgan fingerprint density at radius 2 is 2.17 bits per heavy atom. The van der Waals surface area contributed by atoms with Crippen molar-refractivity contribution in [3.05, 3.63) is 34.7 Å². The third-order valence-corrected chi connectivity index (χ3v) is 3.71. The number of thioether (sulfide) groups is 1. The second-order valence-electron chi connectivity index (χ2n) is 4.24. The summed E-state index contributed by atoms with van der Waals surface area (Å²) in [4.78, 5) is 23.3. The predicted molar refractivity (Wildman–Crippen MR) is 85.3 cm³/mol. The zero-order chi connectivity index (χ0) is 16.8. The minimum Gasteiger partial charge on any atom is -0.497 e. The van der Waals surface area contributed by atoms with Gasteiger partial charge in [0.25, 0.3) is 5.56 Å². The highest BCUT2D eigenvalue weighted by molar-refractivity contribution is 7.99. The van der Waals surface area contributed by atoms with Gasteiger partial charge < -0.3 is 20.6 Å². The Kier molecular flexibility index (Phi) is 5.41. The molecular weight excluding hydrogens is 322 g/mol. The third-order valence-electron chi connectivity index (χ3n) is 2.77. The molecule has 0 radical (unpaired) electrons. The maximum absolute atomic E-state index is 12.0. The fourth-order valence-electron chi connectivity index (χ4n) is 1.65. The van der Waals surface area contributed by atoms with E-state index in [2.05, 4.69) is 15.5 Å². The lowest BCUT2D eigenvalue weighted by Gasteiger charge is -2.11. The van der Waals surface area contributed by atoms with Crippen molar-refractivity contribution >= 4 is 23.4 Å². The molecule has 0 fully saturated rings. The highest BCUT2D eigenvalue weighted by Gasteiger charge is 2.11. The monoisotopic (exact) mass is 337 g/mol. The highest BCUT2D eigenvalue weighted by Crippen LogP contribution is 2.29. The Balaban J connectivity index is 2.02. The number of ether oxygens (including phenoxy) is 2. The lowest BCUT2D eigenvalue weighted by atomic mass is 10.2. The number of benzene rings is 1. The van der Waals surface area contributed by atoms with Gasteiger partial charge in [0.1, 0.15) is 17.7 Å². The molecule has 0 aliphatic rings. The molecule has 0 aliphatic heterocycles. The summed E-state index contributed by atoms with van der Waals surface area (Å²) in [7, 11) is 3.03. The molecule has 1 aromatic heterocycles. The average Bonchev–Trinajstić information content (AvgIpc) is 2.56. The number of nitrogens with zero attached hydrogens (tertiary/aromatic N) is 3. The van der Waals surface area contributed by atoms with Gasteiger partial charge in [0.05, 0.1) is 25.7 Å². The van der Waals surface area contributed by atoms with Crippen LogP contribution in [0.1, 0.15) is 0 Å². The number of nitrogen functional groups attached to an aromatic ring is 1. The van der Waals surface area contributed by atoms with Gasteiger partial charge in [-0.25, -0.2) is 0 Å². The lowest BCUT2D eigenvalue weighted by Crippen LogP contribution is -2.30. The van der Waals surface area contributed by atoms with E-state index in [1.165, 1.54) is 14.2 Å². The molecule has 0 atom stereocenters. The predicted octanol–water partition coefficient (Wildman–Crippen LogP) is 0.100. The van der Waals surface area contributed by atoms with Crippen molar-refractivity contribution in [1.29, 1.82) is 0 Å². The van der Waals surface area contributed by atoms with Gasteiger partial charge in [-0.15, -0.1) is 5.10 Å². The second kappa shape index (κ2) is 7.49. The smallest absolute Gasteiger partial charge is 0.291 e. The fraction of sp³-hybridized carbons (Fsp3) is 0.231. The molecular formula is C13H15N5O4S. The molecule has 0 bridgehead atoms. The molecule has 3 N–H and O–H groups in total. The summed E-state index contributed by atoms with van der Waals surface area (Å²) in [5.41, 5.74) is 0.00270. The number of aromatic nitrogens is 3. The van der Waals surface area contributed by atoms with E-state index in [1.54, 1.807) is 18.2 Å². The first kappa shape index (κ1) is 16.6. The number of methoxy groups -OCH3 is 2. The molecule has 1 amide bonds. The summed E-state index contributed by atoms with van der Waals surface area (Å²) < 4.78 is 11.1. The van der Waals surface area contributed by atoms with Crippen molar-refractivity contribution in [2.75, 3.05) is 31.1 Å². The first-order valence-electron chi connectivity index (χ1n) is 6.39. The number of hydrogen-bond acceptors (Lipinski definition) is 8. The van der Waals surface area contributed by atoms with Crippen LogP contribution in [0.3, 0.4) is 0 Å². The van der Waals surface area contributed by atoms with Crippen LogP contribution in [0, 0.1) is 0 Å². The summed E-state index contributed by atoms with van der Waals surface area (Å²) >= 11 is 0.996. The van der Waals surface area contributed by atoms with Crippen molar-refractivity contribution in [1.82, 2.24) is 14.9 Å². The van der Waals surface area contributed by atoms with Crippen LogP contribution >= 0.6 is 11.8 Å². The Bertz CT molecular complexity index is 764. The van der Waals surface area contributed by atoms with E-state index in [0.29, 0.717) is 17.2 Å². The van der Waals surface area contributed by atoms with Crippen LogP contribution in [0.25, 0.3) is 0 Å². The summed E-state index contributed by atoms with van der Waals surface area (Å²) in [6, 6.07) is 5.02. The number of carbonyl (C=O) groups excluding carboxylic acids is 1. The molecule has 0 saturated heterocycles. The molecule has 122 valence electrons. The number of amides is 1. The van der Waals surface area contributed by atoms with Gasteiger partial charge in [-0.3, -0.25) is 9.59 Å². The maximum atomic E-state index is 12.0. The zero-order valence-electron chi connectivity index (χ0n) is 12.5. The lowest BCUT2D eigenvalue weighted by molar-refractivity contribution is -0.113. The van der Waals surface area contributed by atoms with Gasteiger partial charge in [0.15, 0.2) is 0 Å². The van der Waals surface area contributed by atoms with E-state index in [9.17, 15) is 9.59 Å². The van der Waals surface area contributed by atoms with E-state index in [4.69, 9.17) is 15.3 Å². The van der Waals surface area contributed by atoms with E-state index >= 15 is 0 Å². The van der Waals surface area contributed by atoms with Crippen LogP contribution in [0.4, 0.5) is 5.69 Å². The van der Waals surface area contributed by atoms with Crippen molar-refractivity contribution < 1.29 is 14.3 Å². The minimum atomic E-state index is -0.500. The molecule has 23 heavy (non-hydrogen) atoms. The standard InChI is InChI=1S/C13H15N5O4S/c1-21-8-3-4-9(10(5-8)22-2)16-11(19)7-23-13-17-15-6-12(20)18(13)14/h3-6H,7,14H2,1-2H3,(H,16,19). The molecule has 1 aromatic carbocycles. The number of carbonyl (C=O) groups is 1. The average molecular weight is 337 g/mol. The molecule has 2 aromatic rings. The largest absolute Gasteiger partial charge is 0.497 e. The molecule has 0 spiro atoms. The summed E-state index contributed by atoms with van der Waals surface area (Å²) in [5, 5.41) is 10.1. The molecule has 9 nitrogen and oxygen atoms in total. The van der Waals surface area contributed by atoms with E-state index in [0.717, 1.165) is 22.6 Å². The SMILES string of the molecule is COc1ccc(NC(=O)CSc2nncc(=O)n2N)c(OC)c1. The van der Waals surface area contributed by atoms with Gasteiger partial charge in [-0.2, -0.15) is 9.77 Å². The molecule has 2 rings (SSSR count). The van der Waals surface area contributed by atoms with Crippen molar-refractivity contribution in [3.8, 4) is 11.5 Å². The first-order chi connectivity index (χ1) is 11.0. The second-order valence-corrected chi connectivity index (χ2v) is 5.18. The normalized spacial score (nSPS) is 10.2. The van der Waals surface area contributed by atoms with Gasteiger partial charge in [-0.1, -0.05) is 11.8 Å². The van der Waals surface area contributed by atoms with Crippen LogP contribution in [-0.4, -0.2) is 40.8 Å². The summed E-state index contributed by atoms with van der Waals surface area (Å²) in [6.07, 6.45) is 0.992. The van der Waals surface area contributed by atoms with E-state index in [-0.39, 0.29) is 16.8 Å². The van der Waals surface area contributed by atoms with Gasteiger partial charge >= 0.3 is 0 Å². The van der Waals surface area contributed by atoms with Gasteiger partial charge in [-0.05, 0) is 12.1 Å². The highest BCUT2D eigenvalue weighted by atomic mass is 32.2. The topological polar surface area (TPSA) is 121 Å². The number of anilines is 1. The zero-order valence-corrected chi connectivity index (χ0v) is 13.3. The van der Waals surface area contributed by atoms with E-state index < -0.39 is 5.56 Å². The Morgan fingerprint density at radius 3 is 2.87 bits per heavy atom. The molecule has 1 heterocycles. The van der Waals surface area contributed by atoms with Crippen LogP contribution in [-0.2, 0) is 4.79 Å². The van der Waals surface area contributed by atoms with Crippen molar-refractivity contribution in [3.63, 3.8) is 0 Å². The Morgan fingerprint density at radius 1 is 1.39 bits per heavy atom. The number of hydrogen-bond donors (Lipinski definition) is 2. The summed E-state index contributed by atoms with van der Waals surface area (Å²) in [6.45, 7) is 0. The van der Waals surface area contributed by atoms with Crippen molar-refractivity contribution in [2.24, 2.45) is 0 Å². The number of rotatable bonds is 6. The summed E-state index contributed by atoms with van der Waals surface area (Å²) in [5.74, 6) is 6.29. The van der Waals surface area contributed by atoms with Crippen LogP contribution in [0.5, 0.6) is 11.5 Å². The molecule has 0 saturated carbocycles. The van der Waals surface area contributed by atoms with Crippen LogP contribution in [0.15, 0.2) is 34.3 Å². The van der Waals surface area contributed by atoms with Gasteiger partial charge in [0.2, 0.25) is 11.1 Å². The molecule has 10 heteroatoms. The maximum Gasteiger partial charge on any atom is 0.291 e. The Hall–Kier alpha value is -2.75. The third kappa shape index (κ3) is 4.13. The van der Waals surface area contributed by atoms with E-state index in [1.807, 2.05) is 0 Å².